The highest BCUT2D eigenvalue weighted by molar-refractivity contribution is 5.89. The van der Waals surface area contributed by atoms with Gasteiger partial charge in [-0.25, -0.2) is 18.0 Å². The minimum absolute atomic E-state index is 0.297. The number of amides is 2. The van der Waals surface area contributed by atoms with Gasteiger partial charge in [0.2, 0.25) is 0 Å². The Hall–Kier alpha value is -2.70. The van der Waals surface area contributed by atoms with E-state index in [9.17, 15) is 18.0 Å². The zero-order chi connectivity index (χ0) is 17.5. The van der Waals surface area contributed by atoms with Crippen LogP contribution < -0.4 is 15.4 Å². The van der Waals surface area contributed by atoms with Crippen molar-refractivity contribution in [1.29, 1.82) is 0 Å². The minimum atomic E-state index is -1.62. The lowest BCUT2D eigenvalue weighted by molar-refractivity contribution is 0.252. The summed E-state index contributed by atoms with van der Waals surface area (Å²) < 4.78 is 44.7. The van der Waals surface area contributed by atoms with E-state index in [1.54, 1.807) is 0 Å². The van der Waals surface area contributed by atoms with Gasteiger partial charge >= 0.3 is 6.03 Å². The van der Waals surface area contributed by atoms with Gasteiger partial charge in [0.1, 0.15) is 5.75 Å². The molecule has 2 aromatic rings. The van der Waals surface area contributed by atoms with E-state index < -0.39 is 29.2 Å². The van der Waals surface area contributed by atoms with Crippen LogP contribution in [-0.4, -0.2) is 19.2 Å². The second kappa shape index (κ2) is 8.24. The Morgan fingerprint density at radius 3 is 2.42 bits per heavy atom. The zero-order valence-electron chi connectivity index (χ0n) is 13.0. The molecule has 0 atom stereocenters. The van der Waals surface area contributed by atoms with E-state index in [4.69, 9.17) is 4.74 Å². The smallest absolute Gasteiger partial charge is 0.319 e. The molecule has 2 rings (SSSR count). The summed E-state index contributed by atoms with van der Waals surface area (Å²) >= 11 is 0. The van der Waals surface area contributed by atoms with Gasteiger partial charge in [-0.3, -0.25) is 0 Å². The molecule has 0 fully saturated rings. The van der Waals surface area contributed by atoms with Crippen LogP contribution in [0.15, 0.2) is 36.4 Å². The molecule has 0 saturated heterocycles. The normalized spacial score (nSPS) is 10.3. The molecule has 2 N–H and O–H groups in total. The molecule has 0 heterocycles. The highest BCUT2D eigenvalue weighted by atomic mass is 19.2. The van der Waals surface area contributed by atoms with Crippen LogP contribution in [0.25, 0.3) is 0 Å². The van der Waals surface area contributed by atoms with E-state index >= 15 is 0 Å². The first kappa shape index (κ1) is 17.7. The fourth-order valence-electron chi connectivity index (χ4n) is 2.03. The summed E-state index contributed by atoms with van der Waals surface area (Å²) in [6.07, 6.45) is 0.556. The highest BCUT2D eigenvalue weighted by Crippen LogP contribution is 2.19. The van der Waals surface area contributed by atoms with Crippen molar-refractivity contribution in [2.45, 2.75) is 13.3 Å². The number of benzene rings is 2. The first-order chi connectivity index (χ1) is 11.5. The molecule has 128 valence electrons. The van der Waals surface area contributed by atoms with Gasteiger partial charge in [0.05, 0.1) is 12.3 Å². The summed E-state index contributed by atoms with van der Waals surface area (Å²) in [4.78, 5) is 11.7. The maximum absolute atomic E-state index is 13.4. The molecule has 0 unspecified atom stereocenters. The Balaban J connectivity index is 1.82. The lowest BCUT2D eigenvalue weighted by Crippen LogP contribution is -2.30. The third kappa shape index (κ3) is 4.65. The third-order valence-electron chi connectivity index (χ3n) is 3.22. The fourth-order valence-corrected chi connectivity index (χ4v) is 2.03. The van der Waals surface area contributed by atoms with Gasteiger partial charge in [-0.2, -0.15) is 0 Å². The van der Waals surface area contributed by atoms with Crippen LogP contribution >= 0.6 is 0 Å². The molecule has 0 aliphatic rings. The fraction of sp³-hybridized carbons (Fsp3) is 0.235. The molecule has 0 spiro atoms. The molecule has 0 aliphatic carbocycles. The maximum Gasteiger partial charge on any atom is 0.319 e. The molecule has 0 bridgehead atoms. The predicted octanol–water partition coefficient (Wildman–Crippen LogP) is 3.87. The van der Waals surface area contributed by atoms with Crippen molar-refractivity contribution < 1.29 is 22.7 Å². The summed E-state index contributed by atoms with van der Waals surface area (Å²) in [5.41, 5.74) is 0.560. The number of ether oxygens (including phenoxy) is 1. The molecular weight excluding hydrogens is 321 g/mol. The minimum Gasteiger partial charge on any atom is -0.494 e. The van der Waals surface area contributed by atoms with Gasteiger partial charge in [0, 0.05) is 6.54 Å². The van der Waals surface area contributed by atoms with E-state index in [0.29, 0.717) is 19.6 Å². The lowest BCUT2D eigenvalue weighted by Gasteiger charge is -2.09. The number of hydrogen-bond acceptors (Lipinski definition) is 2. The first-order valence-electron chi connectivity index (χ1n) is 7.41. The predicted molar refractivity (Wildman–Crippen MR) is 84.7 cm³/mol. The van der Waals surface area contributed by atoms with Crippen molar-refractivity contribution in [3.63, 3.8) is 0 Å². The Morgan fingerprint density at radius 1 is 1.04 bits per heavy atom. The summed E-state index contributed by atoms with van der Waals surface area (Å²) in [6.45, 7) is 2.78. The first-order valence-corrected chi connectivity index (χ1v) is 7.41. The third-order valence-corrected chi connectivity index (χ3v) is 3.22. The van der Waals surface area contributed by atoms with Crippen LogP contribution in [0.3, 0.4) is 0 Å². The maximum atomic E-state index is 13.4. The standard InChI is InChI=1S/C17H17F3N2O2/c1-2-24-12-5-3-11(4-6-12)9-10-21-17(23)22-14-8-7-13(18)15(19)16(14)20/h3-8H,2,9-10H2,1H3,(H2,21,22,23). The molecule has 0 aromatic heterocycles. The molecule has 2 amide bonds. The van der Waals surface area contributed by atoms with Gasteiger partial charge in [0.15, 0.2) is 17.5 Å². The second-order valence-corrected chi connectivity index (χ2v) is 4.93. The molecule has 7 heteroatoms. The molecule has 24 heavy (non-hydrogen) atoms. The average molecular weight is 338 g/mol. The van der Waals surface area contributed by atoms with Crippen LogP contribution in [0.2, 0.25) is 0 Å². The SMILES string of the molecule is CCOc1ccc(CCNC(=O)Nc2ccc(F)c(F)c2F)cc1. The Morgan fingerprint density at radius 2 is 1.75 bits per heavy atom. The van der Waals surface area contributed by atoms with Gasteiger partial charge < -0.3 is 15.4 Å². The number of urea groups is 1. The van der Waals surface area contributed by atoms with Crippen molar-refractivity contribution in [3.8, 4) is 5.75 Å². The summed E-state index contributed by atoms with van der Waals surface area (Å²) in [5.74, 6) is -3.60. The van der Waals surface area contributed by atoms with Crippen molar-refractivity contribution >= 4 is 11.7 Å². The van der Waals surface area contributed by atoms with Gasteiger partial charge in [-0.15, -0.1) is 0 Å². The summed E-state index contributed by atoms with van der Waals surface area (Å²) in [7, 11) is 0. The largest absolute Gasteiger partial charge is 0.494 e. The topological polar surface area (TPSA) is 50.4 Å². The van der Waals surface area contributed by atoms with Crippen LogP contribution in [0.1, 0.15) is 12.5 Å². The number of halogens is 3. The van der Waals surface area contributed by atoms with Crippen molar-refractivity contribution in [2.75, 3.05) is 18.5 Å². The van der Waals surface area contributed by atoms with Crippen LogP contribution in [0.4, 0.5) is 23.7 Å². The second-order valence-electron chi connectivity index (χ2n) is 4.93. The van der Waals surface area contributed by atoms with Gasteiger partial charge in [-0.1, -0.05) is 12.1 Å². The number of carbonyl (C=O) groups excluding carboxylic acids is 1. The summed E-state index contributed by atoms with van der Waals surface area (Å²) in [6, 6.07) is 8.41. The number of hydrogen-bond donors (Lipinski definition) is 2. The van der Waals surface area contributed by atoms with Gasteiger partial charge in [0.25, 0.3) is 0 Å². The highest BCUT2D eigenvalue weighted by Gasteiger charge is 2.14. The van der Waals surface area contributed by atoms with Crippen molar-refractivity contribution in [1.82, 2.24) is 5.32 Å². The zero-order valence-corrected chi connectivity index (χ0v) is 13.0. The Labute approximate surface area is 137 Å². The van der Waals surface area contributed by atoms with Crippen molar-refractivity contribution in [3.05, 3.63) is 59.4 Å². The Kier molecular flexibility index (Phi) is 6.06. The van der Waals surface area contributed by atoms with E-state index in [2.05, 4.69) is 10.6 Å². The average Bonchev–Trinajstić information content (AvgIpc) is 2.57. The molecule has 4 nitrogen and oxygen atoms in total. The van der Waals surface area contributed by atoms with Crippen LogP contribution in [-0.2, 0) is 6.42 Å². The van der Waals surface area contributed by atoms with Gasteiger partial charge in [-0.05, 0) is 43.2 Å². The summed E-state index contributed by atoms with van der Waals surface area (Å²) in [5, 5.41) is 4.66. The molecule has 0 saturated carbocycles. The number of rotatable bonds is 6. The van der Waals surface area contributed by atoms with Crippen LogP contribution in [0.5, 0.6) is 5.75 Å². The molecule has 0 aliphatic heterocycles. The number of nitrogens with one attached hydrogen (secondary N) is 2. The van der Waals surface area contributed by atoms with Crippen molar-refractivity contribution in [2.24, 2.45) is 0 Å². The van der Waals surface area contributed by atoms with E-state index in [0.717, 1.165) is 23.4 Å². The van der Waals surface area contributed by atoms with Crippen LogP contribution in [0, 0.1) is 17.5 Å². The van der Waals surface area contributed by atoms with E-state index in [1.165, 1.54) is 0 Å². The molecule has 0 radical (unpaired) electrons. The quantitative estimate of drug-likeness (QED) is 0.786. The molecular formula is C17H17F3N2O2. The Bertz CT molecular complexity index is 706. The van der Waals surface area contributed by atoms with E-state index in [-0.39, 0.29) is 0 Å². The lowest BCUT2D eigenvalue weighted by atomic mass is 10.1. The van der Waals surface area contributed by atoms with E-state index in [1.807, 2.05) is 31.2 Å². The number of carbonyl (C=O) groups is 1. The monoisotopic (exact) mass is 338 g/mol. The molecule has 2 aromatic carbocycles. The number of anilines is 1.